The molecule has 8 heteroatoms. The number of hydrogen-bond donors (Lipinski definition) is 1. The van der Waals surface area contributed by atoms with Crippen LogP contribution < -0.4 is 10.2 Å². The number of carbonyl (C=O) groups excluding carboxylic acids is 1. The Morgan fingerprint density at radius 1 is 1.13 bits per heavy atom. The average molecular weight is 456 g/mol. The van der Waals surface area contributed by atoms with Crippen molar-refractivity contribution in [1.29, 1.82) is 0 Å². The van der Waals surface area contributed by atoms with Crippen LogP contribution >= 0.6 is 23.4 Å². The highest BCUT2D eigenvalue weighted by atomic mass is 35.5. The molecule has 1 aliphatic rings. The molecule has 0 aliphatic carbocycles. The number of anilines is 1. The lowest BCUT2D eigenvalue weighted by atomic mass is 10.1. The Morgan fingerprint density at radius 2 is 1.84 bits per heavy atom. The van der Waals surface area contributed by atoms with Crippen molar-refractivity contribution >= 4 is 35.2 Å². The lowest BCUT2D eigenvalue weighted by Crippen LogP contribution is -2.28. The van der Waals surface area contributed by atoms with E-state index in [9.17, 15) is 4.79 Å². The van der Waals surface area contributed by atoms with Crippen LogP contribution in [0.4, 0.5) is 5.95 Å². The Labute approximate surface area is 192 Å². The molecule has 1 atom stereocenters. The van der Waals surface area contributed by atoms with Gasteiger partial charge in [0.25, 0.3) is 0 Å². The molecular formula is C23H26ClN5OS. The fourth-order valence-corrected chi connectivity index (χ4v) is 4.77. The van der Waals surface area contributed by atoms with E-state index in [0.717, 1.165) is 43.1 Å². The second kappa shape index (κ2) is 9.75. The number of hydrogen-bond acceptors (Lipinski definition) is 5. The van der Waals surface area contributed by atoms with Gasteiger partial charge in [-0.15, -0.1) is 10.2 Å². The Morgan fingerprint density at radius 3 is 2.55 bits per heavy atom. The Balaban J connectivity index is 1.49. The monoisotopic (exact) mass is 455 g/mol. The van der Waals surface area contributed by atoms with Gasteiger partial charge in [0.2, 0.25) is 11.9 Å². The molecule has 0 bridgehead atoms. The minimum Gasteiger partial charge on any atom is -0.349 e. The van der Waals surface area contributed by atoms with Crippen LogP contribution in [0.3, 0.4) is 0 Å². The van der Waals surface area contributed by atoms with Crippen molar-refractivity contribution in [3.05, 3.63) is 64.7 Å². The van der Waals surface area contributed by atoms with E-state index >= 15 is 0 Å². The summed E-state index contributed by atoms with van der Waals surface area (Å²) in [5.74, 6) is 1.02. The van der Waals surface area contributed by atoms with Crippen LogP contribution in [0.15, 0.2) is 53.7 Å². The summed E-state index contributed by atoms with van der Waals surface area (Å²) in [6, 6.07) is 15.7. The summed E-state index contributed by atoms with van der Waals surface area (Å²) < 4.78 is 2.06. The highest BCUT2D eigenvalue weighted by molar-refractivity contribution is 7.99. The zero-order chi connectivity index (χ0) is 21.8. The maximum atomic E-state index is 12.6. The first-order chi connectivity index (χ1) is 15.0. The van der Waals surface area contributed by atoms with E-state index in [1.165, 1.54) is 17.3 Å². The lowest BCUT2D eigenvalue weighted by molar-refractivity contribution is -0.119. The number of benzene rings is 2. The number of nitrogens with one attached hydrogen (secondary N) is 1. The Hall–Kier alpha value is -2.51. The first-order valence-electron chi connectivity index (χ1n) is 10.5. The van der Waals surface area contributed by atoms with E-state index in [0.29, 0.717) is 10.2 Å². The zero-order valence-corrected chi connectivity index (χ0v) is 19.3. The smallest absolute Gasteiger partial charge is 0.232 e. The third-order valence-corrected chi connectivity index (χ3v) is 6.65. The van der Waals surface area contributed by atoms with Crippen molar-refractivity contribution in [3.63, 3.8) is 0 Å². The molecule has 1 amide bonds. The molecule has 1 aliphatic heterocycles. The van der Waals surface area contributed by atoms with Crippen molar-refractivity contribution in [3.8, 4) is 5.69 Å². The summed E-state index contributed by atoms with van der Waals surface area (Å²) in [7, 11) is 0. The summed E-state index contributed by atoms with van der Waals surface area (Å²) in [5, 5.41) is 13.3. The summed E-state index contributed by atoms with van der Waals surface area (Å²) in [6.07, 6.45) is 2.32. The molecule has 2 heterocycles. The highest BCUT2D eigenvalue weighted by Gasteiger charge is 2.23. The van der Waals surface area contributed by atoms with Crippen LogP contribution in [0.1, 0.15) is 36.9 Å². The minimum absolute atomic E-state index is 0.0707. The molecule has 2 aromatic carbocycles. The highest BCUT2D eigenvalue weighted by Crippen LogP contribution is 2.29. The maximum absolute atomic E-state index is 12.6. The second-order valence-corrected chi connectivity index (χ2v) is 9.10. The normalized spacial score (nSPS) is 14.6. The summed E-state index contributed by atoms with van der Waals surface area (Å²) in [6.45, 7) is 5.95. The molecule has 1 fully saturated rings. The molecule has 4 rings (SSSR count). The Kier molecular flexibility index (Phi) is 6.83. The molecule has 0 saturated carbocycles. The number of thioether (sulfide) groups is 1. The van der Waals surface area contributed by atoms with Gasteiger partial charge in [-0.2, -0.15) is 0 Å². The van der Waals surface area contributed by atoms with Gasteiger partial charge in [-0.3, -0.25) is 9.36 Å². The molecular weight excluding hydrogens is 430 g/mol. The van der Waals surface area contributed by atoms with E-state index in [-0.39, 0.29) is 17.7 Å². The van der Waals surface area contributed by atoms with Gasteiger partial charge in [-0.1, -0.05) is 59.3 Å². The number of carbonyl (C=O) groups is 1. The van der Waals surface area contributed by atoms with Gasteiger partial charge >= 0.3 is 0 Å². The largest absolute Gasteiger partial charge is 0.349 e. The topological polar surface area (TPSA) is 63.1 Å². The van der Waals surface area contributed by atoms with Crippen LogP contribution in [0.25, 0.3) is 5.69 Å². The third-order valence-electron chi connectivity index (χ3n) is 5.38. The standard InChI is InChI=1S/C23H26ClN5OS/c1-16-9-11-18(12-10-16)29-22(28-13-5-6-14-28)26-27-23(29)31-15-21(30)25-17(2)19-7-3-4-8-20(19)24/h3-4,7-12,17H,5-6,13-15H2,1-2H3,(H,25,30). The van der Waals surface area contributed by atoms with Crippen LogP contribution in [0, 0.1) is 6.92 Å². The molecule has 6 nitrogen and oxygen atoms in total. The molecule has 31 heavy (non-hydrogen) atoms. The maximum Gasteiger partial charge on any atom is 0.232 e. The van der Waals surface area contributed by atoms with Crippen molar-refractivity contribution in [2.45, 2.75) is 37.9 Å². The lowest BCUT2D eigenvalue weighted by Gasteiger charge is -2.18. The summed E-state index contributed by atoms with van der Waals surface area (Å²) in [4.78, 5) is 14.9. The number of halogens is 1. The minimum atomic E-state index is -0.170. The summed E-state index contributed by atoms with van der Waals surface area (Å²) >= 11 is 7.65. The van der Waals surface area contributed by atoms with Gasteiger partial charge in [0.05, 0.1) is 17.5 Å². The van der Waals surface area contributed by atoms with Crippen molar-refractivity contribution in [2.75, 3.05) is 23.7 Å². The molecule has 0 spiro atoms. The van der Waals surface area contributed by atoms with Gasteiger partial charge in [-0.25, -0.2) is 0 Å². The molecule has 0 radical (unpaired) electrons. The third kappa shape index (κ3) is 5.05. The molecule has 162 valence electrons. The molecule has 1 saturated heterocycles. The molecule has 1 unspecified atom stereocenters. The van der Waals surface area contributed by atoms with Gasteiger partial charge in [0, 0.05) is 18.1 Å². The van der Waals surface area contributed by atoms with E-state index in [1.807, 2.05) is 31.2 Å². The van der Waals surface area contributed by atoms with Crippen LogP contribution in [-0.2, 0) is 4.79 Å². The fourth-order valence-electron chi connectivity index (χ4n) is 3.71. The second-order valence-electron chi connectivity index (χ2n) is 7.75. The first-order valence-corrected chi connectivity index (χ1v) is 11.8. The summed E-state index contributed by atoms with van der Waals surface area (Å²) in [5.41, 5.74) is 3.10. The van der Waals surface area contributed by atoms with E-state index in [1.54, 1.807) is 0 Å². The van der Waals surface area contributed by atoms with Gasteiger partial charge in [0.1, 0.15) is 0 Å². The predicted octanol–water partition coefficient (Wildman–Crippen LogP) is 4.80. The quantitative estimate of drug-likeness (QED) is 0.518. The van der Waals surface area contributed by atoms with E-state index in [4.69, 9.17) is 11.6 Å². The van der Waals surface area contributed by atoms with Crippen molar-refractivity contribution in [1.82, 2.24) is 20.1 Å². The number of aryl methyl sites for hydroxylation is 1. The van der Waals surface area contributed by atoms with Gasteiger partial charge in [-0.05, 0) is 50.5 Å². The van der Waals surface area contributed by atoms with Gasteiger partial charge in [0.15, 0.2) is 5.16 Å². The number of nitrogens with zero attached hydrogens (tertiary/aromatic N) is 4. The van der Waals surface area contributed by atoms with Crippen LogP contribution in [0.5, 0.6) is 0 Å². The fraction of sp³-hybridized carbons (Fsp3) is 0.348. The van der Waals surface area contributed by atoms with Crippen molar-refractivity contribution < 1.29 is 4.79 Å². The van der Waals surface area contributed by atoms with E-state index in [2.05, 4.69) is 56.2 Å². The van der Waals surface area contributed by atoms with E-state index < -0.39 is 0 Å². The van der Waals surface area contributed by atoms with Crippen LogP contribution in [0.2, 0.25) is 5.02 Å². The van der Waals surface area contributed by atoms with Crippen LogP contribution in [-0.4, -0.2) is 39.5 Å². The number of amides is 1. The van der Waals surface area contributed by atoms with Crippen molar-refractivity contribution in [2.24, 2.45) is 0 Å². The zero-order valence-electron chi connectivity index (χ0n) is 17.7. The number of rotatable bonds is 7. The first kappa shape index (κ1) is 21.7. The van der Waals surface area contributed by atoms with Gasteiger partial charge < -0.3 is 10.2 Å². The predicted molar refractivity (Wildman–Crippen MR) is 126 cm³/mol. The Bertz CT molecular complexity index is 1050. The molecule has 1 N–H and O–H groups in total. The molecule has 3 aromatic rings. The number of aromatic nitrogens is 3. The molecule has 1 aromatic heterocycles. The SMILES string of the molecule is Cc1ccc(-n2c(SCC(=O)NC(C)c3ccccc3Cl)nnc2N2CCCC2)cc1. The average Bonchev–Trinajstić information content (AvgIpc) is 3.43.